The SMILES string of the molecule is CCNC(=NCC(C)CN1CCN(C)CC1)NCCCOC1CCOC1. The Bertz CT molecular complexity index is 393. The van der Waals surface area contributed by atoms with Crippen LogP contribution in [0.4, 0.5) is 0 Å². The lowest BCUT2D eigenvalue weighted by Gasteiger charge is -2.33. The molecular formula is C19H39N5O2. The Balaban J connectivity index is 1.59. The summed E-state index contributed by atoms with van der Waals surface area (Å²) >= 11 is 0. The van der Waals surface area contributed by atoms with Crippen LogP contribution in [0.25, 0.3) is 0 Å². The van der Waals surface area contributed by atoms with E-state index in [1.165, 1.54) is 26.2 Å². The summed E-state index contributed by atoms with van der Waals surface area (Å²) in [6, 6.07) is 0. The van der Waals surface area contributed by atoms with Crippen LogP contribution in [0.15, 0.2) is 4.99 Å². The minimum absolute atomic E-state index is 0.298. The van der Waals surface area contributed by atoms with Gasteiger partial charge in [0.25, 0.3) is 0 Å². The minimum atomic E-state index is 0.298. The smallest absolute Gasteiger partial charge is 0.191 e. The van der Waals surface area contributed by atoms with E-state index in [-0.39, 0.29) is 0 Å². The number of hydrogen-bond donors (Lipinski definition) is 2. The van der Waals surface area contributed by atoms with E-state index in [9.17, 15) is 0 Å². The number of piperazine rings is 1. The van der Waals surface area contributed by atoms with Crippen molar-refractivity contribution in [3.8, 4) is 0 Å². The fourth-order valence-corrected chi connectivity index (χ4v) is 3.29. The van der Waals surface area contributed by atoms with Gasteiger partial charge in [-0.1, -0.05) is 6.92 Å². The first-order chi connectivity index (χ1) is 12.7. The molecule has 2 unspecified atom stereocenters. The van der Waals surface area contributed by atoms with Gasteiger partial charge in [-0.2, -0.15) is 0 Å². The average Bonchev–Trinajstić information content (AvgIpc) is 3.15. The van der Waals surface area contributed by atoms with Crippen molar-refractivity contribution in [2.75, 3.05) is 79.2 Å². The first-order valence-corrected chi connectivity index (χ1v) is 10.3. The van der Waals surface area contributed by atoms with Gasteiger partial charge < -0.3 is 29.9 Å². The van der Waals surface area contributed by atoms with Crippen LogP contribution in [0.3, 0.4) is 0 Å². The maximum Gasteiger partial charge on any atom is 0.191 e. The third-order valence-electron chi connectivity index (χ3n) is 4.93. The number of nitrogens with zero attached hydrogens (tertiary/aromatic N) is 3. The lowest BCUT2D eigenvalue weighted by Crippen LogP contribution is -2.46. The number of ether oxygens (including phenoxy) is 2. The van der Waals surface area contributed by atoms with Gasteiger partial charge in [0, 0.05) is 65.6 Å². The predicted molar refractivity (Wildman–Crippen MR) is 107 cm³/mol. The Kier molecular flexibility index (Phi) is 10.3. The maximum absolute atomic E-state index is 5.80. The van der Waals surface area contributed by atoms with Crippen LogP contribution in [-0.4, -0.2) is 101 Å². The summed E-state index contributed by atoms with van der Waals surface area (Å²) in [5, 5.41) is 6.76. The summed E-state index contributed by atoms with van der Waals surface area (Å²) in [5.41, 5.74) is 0. The molecule has 2 fully saturated rings. The molecule has 0 bridgehead atoms. The molecule has 0 aliphatic carbocycles. The summed E-state index contributed by atoms with van der Waals surface area (Å²) in [5.74, 6) is 1.49. The molecule has 0 aromatic rings. The zero-order valence-electron chi connectivity index (χ0n) is 17.0. The molecule has 0 radical (unpaired) electrons. The number of likely N-dealkylation sites (N-methyl/N-ethyl adjacent to an activating group) is 1. The molecule has 2 atom stereocenters. The molecule has 2 aliphatic rings. The molecule has 0 aromatic heterocycles. The lowest BCUT2D eigenvalue weighted by molar-refractivity contribution is 0.0420. The van der Waals surface area contributed by atoms with Crippen molar-refractivity contribution in [2.24, 2.45) is 10.9 Å². The Morgan fingerprint density at radius 2 is 2.08 bits per heavy atom. The first-order valence-electron chi connectivity index (χ1n) is 10.3. The van der Waals surface area contributed by atoms with E-state index in [2.05, 4.69) is 41.3 Å². The zero-order valence-corrected chi connectivity index (χ0v) is 17.0. The summed E-state index contributed by atoms with van der Waals surface area (Å²) in [6.45, 7) is 15.2. The number of rotatable bonds is 10. The van der Waals surface area contributed by atoms with Crippen LogP contribution in [0, 0.1) is 5.92 Å². The third-order valence-corrected chi connectivity index (χ3v) is 4.93. The van der Waals surface area contributed by atoms with Crippen LogP contribution in [0.1, 0.15) is 26.7 Å². The third kappa shape index (κ3) is 8.66. The average molecular weight is 370 g/mol. The van der Waals surface area contributed by atoms with Gasteiger partial charge in [-0.15, -0.1) is 0 Å². The van der Waals surface area contributed by atoms with Gasteiger partial charge in [0.15, 0.2) is 5.96 Å². The second-order valence-corrected chi connectivity index (χ2v) is 7.57. The number of nitrogens with one attached hydrogen (secondary N) is 2. The molecule has 7 heteroatoms. The molecule has 2 rings (SSSR count). The molecule has 0 saturated carbocycles. The van der Waals surface area contributed by atoms with Crippen molar-refractivity contribution in [3.05, 3.63) is 0 Å². The van der Waals surface area contributed by atoms with Gasteiger partial charge in [-0.3, -0.25) is 4.99 Å². The van der Waals surface area contributed by atoms with Gasteiger partial charge in [0.2, 0.25) is 0 Å². The Hall–Kier alpha value is -0.890. The molecule has 152 valence electrons. The first kappa shape index (κ1) is 21.4. The highest BCUT2D eigenvalue weighted by Gasteiger charge is 2.16. The quantitative estimate of drug-likeness (QED) is 0.334. The van der Waals surface area contributed by atoms with Crippen molar-refractivity contribution in [1.82, 2.24) is 20.4 Å². The van der Waals surface area contributed by atoms with E-state index in [0.717, 1.165) is 64.8 Å². The van der Waals surface area contributed by atoms with E-state index in [0.29, 0.717) is 12.0 Å². The highest BCUT2D eigenvalue weighted by molar-refractivity contribution is 5.79. The molecule has 7 nitrogen and oxygen atoms in total. The normalized spacial score (nSPS) is 24.0. The fraction of sp³-hybridized carbons (Fsp3) is 0.947. The van der Waals surface area contributed by atoms with E-state index < -0.39 is 0 Å². The van der Waals surface area contributed by atoms with E-state index in [1.807, 2.05) is 0 Å². The standard InChI is InChI=1S/C19H39N5O2/c1-4-20-19(21-7-5-12-26-18-6-13-25-16-18)22-14-17(2)15-24-10-8-23(3)9-11-24/h17-18H,4-16H2,1-3H3,(H2,20,21,22). The van der Waals surface area contributed by atoms with E-state index in [1.54, 1.807) is 0 Å². The van der Waals surface area contributed by atoms with Crippen LogP contribution < -0.4 is 10.6 Å². The summed E-state index contributed by atoms with van der Waals surface area (Å²) in [6.07, 6.45) is 2.31. The molecular weight excluding hydrogens is 330 g/mol. The molecule has 2 saturated heterocycles. The minimum Gasteiger partial charge on any atom is -0.379 e. The Morgan fingerprint density at radius 1 is 1.27 bits per heavy atom. The van der Waals surface area contributed by atoms with Crippen molar-refractivity contribution < 1.29 is 9.47 Å². The topological polar surface area (TPSA) is 61.4 Å². The highest BCUT2D eigenvalue weighted by Crippen LogP contribution is 2.08. The predicted octanol–water partition coefficient (Wildman–Crippen LogP) is 0.621. The Morgan fingerprint density at radius 3 is 2.77 bits per heavy atom. The number of hydrogen-bond acceptors (Lipinski definition) is 5. The van der Waals surface area contributed by atoms with Crippen molar-refractivity contribution in [3.63, 3.8) is 0 Å². The van der Waals surface area contributed by atoms with Gasteiger partial charge in [0.05, 0.1) is 12.7 Å². The van der Waals surface area contributed by atoms with Crippen molar-refractivity contribution in [2.45, 2.75) is 32.8 Å². The van der Waals surface area contributed by atoms with E-state index >= 15 is 0 Å². The Labute approximate surface area is 159 Å². The second-order valence-electron chi connectivity index (χ2n) is 7.57. The largest absolute Gasteiger partial charge is 0.379 e. The second kappa shape index (κ2) is 12.5. The number of guanidine groups is 1. The van der Waals surface area contributed by atoms with Crippen molar-refractivity contribution >= 4 is 5.96 Å². The lowest BCUT2D eigenvalue weighted by atomic mass is 10.1. The summed E-state index contributed by atoms with van der Waals surface area (Å²) in [4.78, 5) is 9.72. The van der Waals surface area contributed by atoms with Gasteiger partial charge in [0.1, 0.15) is 0 Å². The fourth-order valence-electron chi connectivity index (χ4n) is 3.29. The van der Waals surface area contributed by atoms with Gasteiger partial charge in [-0.05, 0) is 32.7 Å². The van der Waals surface area contributed by atoms with Crippen LogP contribution in [-0.2, 0) is 9.47 Å². The van der Waals surface area contributed by atoms with E-state index in [4.69, 9.17) is 14.5 Å². The molecule has 2 N–H and O–H groups in total. The van der Waals surface area contributed by atoms with Crippen molar-refractivity contribution in [1.29, 1.82) is 0 Å². The molecule has 0 spiro atoms. The van der Waals surface area contributed by atoms with Gasteiger partial charge >= 0.3 is 0 Å². The summed E-state index contributed by atoms with van der Waals surface area (Å²) < 4.78 is 11.1. The summed E-state index contributed by atoms with van der Waals surface area (Å²) in [7, 11) is 2.20. The van der Waals surface area contributed by atoms with Gasteiger partial charge in [-0.25, -0.2) is 0 Å². The maximum atomic E-state index is 5.80. The van der Waals surface area contributed by atoms with Crippen LogP contribution in [0.5, 0.6) is 0 Å². The van der Waals surface area contributed by atoms with Crippen LogP contribution >= 0.6 is 0 Å². The molecule has 2 aliphatic heterocycles. The molecule has 2 heterocycles. The molecule has 0 aromatic carbocycles. The molecule has 26 heavy (non-hydrogen) atoms. The zero-order chi connectivity index (χ0) is 18.6. The van der Waals surface area contributed by atoms with Crippen LogP contribution in [0.2, 0.25) is 0 Å². The highest BCUT2D eigenvalue weighted by atomic mass is 16.5. The molecule has 0 amide bonds. The monoisotopic (exact) mass is 369 g/mol. The number of aliphatic imine (C=N–C) groups is 1.